The van der Waals surface area contributed by atoms with Crippen LogP contribution in [-0.2, 0) is 13.1 Å². The standard InChI is InChI=1S/C29H25FN3O2/c1-3-32-16-6-8-21(18-32)19-33-28(25-9-5-4-7-20(25)2)31-27-15-14-24(17-26(27)29(33)34)35-23-12-10-22(30)11-13-23/h4-18H,3,19H2,1-2H3/q+1. The summed E-state index contributed by atoms with van der Waals surface area (Å²) in [5.41, 5.74) is 3.40. The van der Waals surface area contributed by atoms with Crippen LogP contribution in [0.15, 0.2) is 96.1 Å². The third kappa shape index (κ3) is 4.68. The number of rotatable bonds is 6. The van der Waals surface area contributed by atoms with Crippen molar-refractivity contribution >= 4 is 10.9 Å². The van der Waals surface area contributed by atoms with Gasteiger partial charge in [-0.25, -0.2) is 13.9 Å². The first kappa shape index (κ1) is 22.5. The van der Waals surface area contributed by atoms with Gasteiger partial charge >= 0.3 is 0 Å². The first-order chi connectivity index (χ1) is 17.0. The molecule has 5 nitrogen and oxygen atoms in total. The van der Waals surface area contributed by atoms with Crippen LogP contribution >= 0.6 is 0 Å². The Balaban J connectivity index is 1.66. The highest BCUT2D eigenvalue weighted by Crippen LogP contribution is 2.27. The molecular formula is C29H25FN3O2+. The number of halogens is 1. The molecule has 0 aliphatic rings. The quantitative estimate of drug-likeness (QED) is 0.304. The van der Waals surface area contributed by atoms with E-state index < -0.39 is 0 Å². The molecule has 2 aromatic heterocycles. The summed E-state index contributed by atoms with van der Waals surface area (Å²) in [4.78, 5) is 18.8. The summed E-state index contributed by atoms with van der Waals surface area (Å²) in [6.07, 6.45) is 4.05. The fraction of sp³-hybridized carbons (Fsp3) is 0.138. The molecule has 3 aromatic carbocycles. The predicted molar refractivity (Wildman–Crippen MR) is 134 cm³/mol. The number of ether oxygens (including phenoxy) is 1. The molecule has 174 valence electrons. The number of aryl methyl sites for hydroxylation is 2. The van der Waals surface area contributed by atoms with Gasteiger partial charge in [0.1, 0.15) is 29.7 Å². The molecule has 0 atom stereocenters. The van der Waals surface area contributed by atoms with Gasteiger partial charge in [-0.15, -0.1) is 0 Å². The number of hydrogen-bond acceptors (Lipinski definition) is 3. The molecule has 0 amide bonds. The second-order valence-electron chi connectivity index (χ2n) is 8.42. The summed E-state index contributed by atoms with van der Waals surface area (Å²) in [7, 11) is 0. The molecule has 0 bridgehead atoms. The lowest BCUT2D eigenvalue weighted by Gasteiger charge is -2.15. The van der Waals surface area contributed by atoms with E-state index in [0.717, 1.165) is 23.2 Å². The first-order valence-corrected chi connectivity index (χ1v) is 11.5. The molecule has 0 fully saturated rings. The zero-order valence-electron chi connectivity index (χ0n) is 19.6. The minimum atomic E-state index is -0.336. The average Bonchev–Trinajstić information content (AvgIpc) is 2.88. The van der Waals surface area contributed by atoms with Gasteiger partial charge in [0.25, 0.3) is 5.56 Å². The van der Waals surface area contributed by atoms with Crippen molar-refractivity contribution in [1.82, 2.24) is 9.55 Å². The van der Waals surface area contributed by atoms with Crippen molar-refractivity contribution in [2.75, 3.05) is 0 Å². The molecule has 6 heteroatoms. The number of nitrogens with zero attached hydrogens (tertiary/aromatic N) is 3. The van der Waals surface area contributed by atoms with Crippen molar-refractivity contribution in [2.24, 2.45) is 0 Å². The second kappa shape index (κ2) is 9.50. The third-order valence-electron chi connectivity index (χ3n) is 5.99. The second-order valence-corrected chi connectivity index (χ2v) is 8.42. The Morgan fingerprint density at radius 3 is 2.51 bits per heavy atom. The van der Waals surface area contributed by atoms with E-state index in [1.54, 1.807) is 34.9 Å². The lowest BCUT2D eigenvalue weighted by atomic mass is 10.1. The number of benzene rings is 3. The van der Waals surface area contributed by atoms with Crippen molar-refractivity contribution in [3.05, 3.63) is 119 Å². The molecule has 0 N–H and O–H groups in total. The van der Waals surface area contributed by atoms with E-state index in [-0.39, 0.29) is 11.4 Å². The zero-order valence-corrected chi connectivity index (χ0v) is 19.6. The van der Waals surface area contributed by atoms with Crippen LogP contribution in [-0.4, -0.2) is 9.55 Å². The molecule has 0 unspecified atom stereocenters. The van der Waals surface area contributed by atoms with Gasteiger partial charge in [-0.3, -0.25) is 9.36 Å². The SMILES string of the molecule is CC[n+]1cccc(Cn2c(-c3ccccc3C)nc3ccc(Oc4ccc(F)cc4)cc3c2=O)c1. The summed E-state index contributed by atoms with van der Waals surface area (Å²) < 4.78 is 22.9. The van der Waals surface area contributed by atoms with Gasteiger partial charge in [-0.1, -0.05) is 24.3 Å². The number of fused-ring (bicyclic) bond motifs is 1. The van der Waals surface area contributed by atoms with Gasteiger partial charge in [-0.2, -0.15) is 0 Å². The van der Waals surface area contributed by atoms with Crippen LogP contribution in [0.3, 0.4) is 0 Å². The molecule has 0 spiro atoms. The van der Waals surface area contributed by atoms with E-state index in [9.17, 15) is 9.18 Å². The van der Waals surface area contributed by atoms with Crippen molar-refractivity contribution in [3.63, 3.8) is 0 Å². The molecule has 0 aliphatic heterocycles. The predicted octanol–water partition coefficient (Wildman–Crippen LogP) is 5.66. The summed E-state index contributed by atoms with van der Waals surface area (Å²) in [5.74, 6) is 1.27. The molecule has 0 saturated carbocycles. The van der Waals surface area contributed by atoms with Gasteiger partial charge in [0.2, 0.25) is 0 Å². The summed E-state index contributed by atoms with van der Waals surface area (Å²) in [6, 6.07) is 23.0. The van der Waals surface area contributed by atoms with E-state index in [1.165, 1.54) is 12.1 Å². The van der Waals surface area contributed by atoms with Gasteiger partial charge in [0.15, 0.2) is 12.4 Å². The molecule has 0 radical (unpaired) electrons. The number of pyridine rings is 1. The Bertz CT molecular complexity index is 1580. The maximum Gasteiger partial charge on any atom is 0.262 e. The van der Waals surface area contributed by atoms with Crippen LogP contribution in [0.2, 0.25) is 0 Å². The van der Waals surface area contributed by atoms with E-state index in [4.69, 9.17) is 9.72 Å². The number of aromatic nitrogens is 3. The lowest BCUT2D eigenvalue weighted by Crippen LogP contribution is -2.32. The van der Waals surface area contributed by atoms with Crippen LogP contribution in [0.1, 0.15) is 18.1 Å². The highest BCUT2D eigenvalue weighted by Gasteiger charge is 2.16. The normalized spacial score (nSPS) is 11.1. The van der Waals surface area contributed by atoms with E-state index in [2.05, 4.69) is 11.5 Å². The lowest BCUT2D eigenvalue weighted by molar-refractivity contribution is -0.694. The maximum absolute atomic E-state index is 13.9. The fourth-order valence-corrected chi connectivity index (χ4v) is 4.13. The van der Waals surface area contributed by atoms with Crippen molar-refractivity contribution < 1.29 is 13.7 Å². The van der Waals surface area contributed by atoms with Gasteiger partial charge < -0.3 is 4.74 Å². The van der Waals surface area contributed by atoms with Crippen LogP contribution in [0.25, 0.3) is 22.3 Å². The van der Waals surface area contributed by atoms with Crippen LogP contribution in [0, 0.1) is 12.7 Å². The maximum atomic E-state index is 13.9. The average molecular weight is 467 g/mol. The van der Waals surface area contributed by atoms with Gasteiger partial charge in [0, 0.05) is 17.2 Å². The van der Waals surface area contributed by atoms with Gasteiger partial charge in [-0.05, 0) is 67.9 Å². The molecular weight excluding hydrogens is 441 g/mol. The monoisotopic (exact) mass is 466 g/mol. The Morgan fingerprint density at radius 1 is 0.971 bits per heavy atom. The smallest absolute Gasteiger partial charge is 0.262 e. The highest BCUT2D eigenvalue weighted by atomic mass is 19.1. The van der Waals surface area contributed by atoms with Crippen molar-refractivity contribution in [3.8, 4) is 22.9 Å². The van der Waals surface area contributed by atoms with Crippen LogP contribution in [0.4, 0.5) is 4.39 Å². The van der Waals surface area contributed by atoms with E-state index >= 15 is 0 Å². The summed E-state index contributed by atoms with van der Waals surface area (Å²) in [5, 5.41) is 0.459. The molecule has 0 saturated heterocycles. The highest BCUT2D eigenvalue weighted by molar-refractivity contribution is 5.81. The molecule has 5 aromatic rings. The van der Waals surface area contributed by atoms with Crippen molar-refractivity contribution in [1.29, 1.82) is 0 Å². The largest absolute Gasteiger partial charge is 0.457 e. The van der Waals surface area contributed by atoms with Gasteiger partial charge in [0.05, 0.1) is 17.4 Å². The summed E-state index contributed by atoms with van der Waals surface area (Å²) in [6.45, 7) is 5.32. The first-order valence-electron chi connectivity index (χ1n) is 11.5. The Labute approximate surface area is 202 Å². The molecule has 2 heterocycles. The topological polar surface area (TPSA) is 48.0 Å². The fourth-order valence-electron chi connectivity index (χ4n) is 4.13. The van der Waals surface area contributed by atoms with E-state index in [0.29, 0.717) is 34.8 Å². The zero-order chi connectivity index (χ0) is 24.4. The van der Waals surface area contributed by atoms with Crippen LogP contribution < -0.4 is 14.9 Å². The Hall–Kier alpha value is -4.32. The Morgan fingerprint density at radius 2 is 1.74 bits per heavy atom. The third-order valence-corrected chi connectivity index (χ3v) is 5.99. The van der Waals surface area contributed by atoms with Crippen LogP contribution in [0.5, 0.6) is 11.5 Å². The number of hydrogen-bond donors (Lipinski definition) is 0. The Kier molecular flexibility index (Phi) is 6.10. The molecule has 0 aliphatic carbocycles. The van der Waals surface area contributed by atoms with Crippen molar-refractivity contribution in [2.45, 2.75) is 26.9 Å². The minimum absolute atomic E-state index is 0.148. The summed E-state index contributed by atoms with van der Waals surface area (Å²) >= 11 is 0. The molecule has 35 heavy (non-hydrogen) atoms. The minimum Gasteiger partial charge on any atom is -0.457 e. The van der Waals surface area contributed by atoms with E-state index in [1.807, 2.05) is 55.7 Å². The molecule has 5 rings (SSSR count).